The molecule has 1 aliphatic heterocycles. The highest BCUT2D eigenvalue weighted by Gasteiger charge is 2.31. The summed E-state index contributed by atoms with van der Waals surface area (Å²) in [5, 5.41) is 6.84. The van der Waals surface area contributed by atoms with Crippen LogP contribution in [0.3, 0.4) is 0 Å². The van der Waals surface area contributed by atoms with Gasteiger partial charge in [-0.25, -0.2) is 22.2 Å². The summed E-state index contributed by atoms with van der Waals surface area (Å²) in [6.45, 7) is 0.692. The number of benzene rings is 1. The van der Waals surface area contributed by atoms with Crippen LogP contribution < -0.4 is 11.0 Å². The van der Waals surface area contributed by atoms with Gasteiger partial charge < -0.3 is 5.32 Å². The number of alkyl halides is 3. The number of rotatable bonds is 6. The molecular formula is C19H24F3N5O4S. The van der Waals surface area contributed by atoms with Gasteiger partial charge in [0, 0.05) is 38.2 Å². The fourth-order valence-corrected chi connectivity index (χ4v) is 4.47. The molecule has 0 bridgehead atoms. The van der Waals surface area contributed by atoms with Crippen molar-refractivity contribution in [1.29, 1.82) is 0 Å². The first-order valence-corrected chi connectivity index (χ1v) is 11.8. The molecule has 1 fully saturated rings. The lowest BCUT2D eigenvalue weighted by atomic mass is 9.97. The Bertz CT molecular complexity index is 1150. The Morgan fingerprint density at radius 1 is 1.25 bits per heavy atom. The fourth-order valence-electron chi connectivity index (χ4n) is 3.60. The highest BCUT2D eigenvalue weighted by atomic mass is 32.2. The largest absolute Gasteiger partial charge is 0.416 e. The molecule has 0 saturated carbocycles. The molecule has 1 N–H and O–H groups in total. The van der Waals surface area contributed by atoms with Crippen molar-refractivity contribution < 1.29 is 26.4 Å². The first-order chi connectivity index (χ1) is 14.9. The number of carbonyl (C=O) groups is 1. The number of hydrogen-bond acceptors (Lipinski definition) is 5. The van der Waals surface area contributed by atoms with Gasteiger partial charge in [-0.1, -0.05) is 12.1 Å². The van der Waals surface area contributed by atoms with Crippen LogP contribution in [-0.4, -0.2) is 58.9 Å². The summed E-state index contributed by atoms with van der Waals surface area (Å²) in [7, 11) is -1.87. The SMILES string of the molecule is Cn1c(-c2cccc(C(F)(F)F)c2)nn(CCNC(=O)C2CCN(S(C)(=O)=O)CC2)c1=O. The van der Waals surface area contributed by atoms with E-state index >= 15 is 0 Å². The Hall–Kier alpha value is -2.67. The number of halogens is 3. The molecule has 1 aromatic carbocycles. The average Bonchev–Trinajstić information content (AvgIpc) is 3.01. The minimum atomic E-state index is -4.51. The molecule has 0 radical (unpaired) electrons. The molecule has 176 valence electrons. The Morgan fingerprint density at radius 3 is 2.50 bits per heavy atom. The Morgan fingerprint density at radius 2 is 1.91 bits per heavy atom. The van der Waals surface area contributed by atoms with Crippen molar-refractivity contribution in [2.24, 2.45) is 13.0 Å². The molecule has 0 unspecified atom stereocenters. The monoisotopic (exact) mass is 475 g/mol. The van der Waals surface area contributed by atoms with Crippen molar-refractivity contribution in [3.8, 4) is 11.4 Å². The molecule has 1 aliphatic rings. The fraction of sp³-hybridized carbons (Fsp3) is 0.526. The van der Waals surface area contributed by atoms with Gasteiger partial charge >= 0.3 is 11.9 Å². The standard InChI is InChI=1S/C19H24F3N5O4S/c1-25-16(14-4-3-5-15(12-14)19(20,21)22)24-27(18(25)29)11-8-23-17(28)13-6-9-26(10-7-13)32(2,30)31/h3-5,12-13H,6-11H2,1-2H3,(H,23,28). The number of sulfonamides is 1. The van der Waals surface area contributed by atoms with E-state index in [2.05, 4.69) is 10.4 Å². The van der Waals surface area contributed by atoms with E-state index in [9.17, 15) is 31.2 Å². The Kier molecular flexibility index (Phi) is 6.79. The number of nitrogens with one attached hydrogen (secondary N) is 1. The summed E-state index contributed by atoms with van der Waals surface area (Å²) in [4.78, 5) is 24.8. The van der Waals surface area contributed by atoms with Crippen LogP contribution in [0.4, 0.5) is 13.2 Å². The van der Waals surface area contributed by atoms with Crippen LogP contribution in [0.1, 0.15) is 18.4 Å². The van der Waals surface area contributed by atoms with Gasteiger partial charge in [0.1, 0.15) is 0 Å². The van der Waals surface area contributed by atoms with Crippen LogP contribution in [0.15, 0.2) is 29.1 Å². The predicted octanol–water partition coefficient (Wildman–Crippen LogP) is 1.06. The molecule has 1 aromatic heterocycles. The van der Waals surface area contributed by atoms with Gasteiger partial charge in [0.25, 0.3) is 0 Å². The first kappa shape index (κ1) is 24.0. The zero-order valence-corrected chi connectivity index (χ0v) is 18.4. The third kappa shape index (κ3) is 5.38. The second-order valence-electron chi connectivity index (χ2n) is 7.69. The number of amides is 1. The van der Waals surface area contributed by atoms with Crippen LogP contribution in [0.25, 0.3) is 11.4 Å². The highest BCUT2D eigenvalue weighted by Crippen LogP contribution is 2.31. The van der Waals surface area contributed by atoms with Crippen molar-refractivity contribution in [2.75, 3.05) is 25.9 Å². The first-order valence-electron chi connectivity index (χ1n) is 9.92. The van der Waals surface area contributed by atoms with Crippen molar-refractivity contribution in [2.45, 2.75) is 25.6 Å². The van der Waals surface area contributed by atoms with E-state index in [4.69, 9.17) is 0 Å². The van der Waals surface area contributed by atoms with Crippen molar-refractivity contribution in [3.05, 3.63) is 40.3 Å². The van der Waals surface area contributed by atoms with E-state index in [0.717, 1.165) is 27.6 Å². The quantitative estimate of drug-likeness (QED) is 0.673. The molecule has 0 atom stereocenters. The van der Waals surface area contributed by atoms with Gasteiger partial charge in [-0.3, -0.25) is 9.36 Å². The minimum absolute atomic E-state index is 0.0412. The Labute approximate surface area is 182 Å². The van der Waals surface area contributed by atoms with Crippen LogP contribution in [0, 0.1) is 5.92 Å². The molecule has 32 heavy (non-hydrogen) atoms. The van der Waals surface area contributed by atoms with Crippen molar-refractivity contribution in [1.82, 2.24) is 24.0 Å². The second-order valence-corrected chi connectivity index (χ2v) is 9.68. The number of aromatic nitrogens is 3. The number of piperidine rings is 1. The third-order valence-electron chi connectivity index (χ3n) is 5.41. The second kappa shape index (κ2) is 9.06. The molecule has 2 aromatic rings. The lowest BCUT2D eigenvalue weighted by molar-refractivity contribution is -0.137. The van der Waals surface area contributed by atoms with Gasteiger partial charge in [0.15, 0.2) is 5.82 Å². The van der Waals surface area contributed by atoms with E-state index in [-0.39, 0.29) is 49.4 Å². The molecule has 13 heteroatoms. The van der Waals surface area contributed by atoms with Gasteiger partial charge in [0.2, 0.25) is 15.9 Å². The third-order valence-corrected chi connectivity index (χ3v) is 6.71. The highest BCUT2D eigenvalue weighted by molar-refractivity contribution is 7.88. The molecule has 0 aliphatic carbocycles. The van der Waals surface area contributed by atoms with E-state index in [1.165, 1.54) is 23.5 Å². The summed E-state index contributed by atoms with van der Waals surface area (Å²) in [6, 6.07) is 4.55. The minimum Gasteiger partial charge on any atom is -0.354 e. The molecule has 0 spiro atoms. The average molecular weight is 475 g/mol. The molecule has 9 nitrogen and oxygen atoms in total. The van der Waals surface area contributed by atoms with Gasteiger partial charge in [-0.2, -0.15) is 13.2 Å². The van der Waals surface area contributed by atoms with Gasteiger partial charge in [-0.05, 0) is 25.0 Å². The molecule has 2 heterocycles. The lowest BCUT2D eigenvalue weighted by Crippen LogP contribution is -2.43. The maximum atomic E-state index is 13.0. The summed E-state index contributed by atoms with van der Waals surface area (Å²) in [5.41, 5.74) is -1.21. The van der Waals surface area contributed by atoms with Crippen molar-refractivity contribution >= 4 is 15.9 Å². The smallest absolute Gasteiger partial charge is 0.354 e. The van der Waals surface area contributed by atoms with E-state index in [1.807, 2.05) is 0 Å². The predicted molar refractivity (Wildman–Crippen MR) is 110 cm³/mol. The summed E-state index contributed by atoms with van der Waals surface area (Å²) >= 11 is 0. The van der Waals surface area contributed by atoms with Gasteiger partial charge in [-0.15, -0.1) is 5.10 Å². The van der Waals surface area contributed by atoms with Crippen LogP contribution in [0.2, 0.25) is 0 Å². The maximum Gasteiger partial charge on any atom is 0.416 e. The molecule has 1 saturated heterocycles. The molecule has 3 rings (SSSR count). The van der Waals surface area contributed by atoms with E-state index < -0.39 is 27.5 Å². The zero-order chi connectivity index (χ0) is 23.7. The zero-order valence-electron chi connectivity index (χ0n) is 17.6. The Balaban J connectivity index is 1.62. The number of carbonyl (C=O) groups excluding carboxylic acids is 1. The lowest BCUT2D eigenvalue weighted by Gasteiger charge is -2.29. The molecular weight excluding hydrogens is 451 g/mol. The van der Waals surface area contributed by atoms with Crippen LogP contribution in [-0.2, 0) is 34.6 Å². The maximum absolute atomic E-state index is 13.0. The van der Waals surface area contributed by atoms with Crippen LogP contribution >= 0.6 is 0 Å². The van der Waals surface area contributed by atoms with Crippen molar-refractivity contribution in [3.63, 3.8) is 0 Å². The topological polar surface area (TPSA) is 106 Å². The summed E-state index contributed by atoms with van der Waals surface area (Å²) in [5.74, 6) is -0.477. The summed E-state index contributed by atoms with van der Waals surface area (Å²) in [6.07, 6.45) is -2.57. The number of nitrogens with zero attached hydrogens (tertiary/aromatic N) is 4. The molecule has 1 amide bonds. The summed E-state index contributed by atoms with van der Waals surface area (Å²) < 4.78 is 65.6. The van der Waals surface area contributed by atoms with Crippen LogP contribution in [0.5, 0.6) is 0 Å². The number of hydrogen-bond donors (Lipinski definition) is 1. The van der Waals surface area contributed by atoms with Gasteiger partial charge in [0.05, 0.1) is 18.4 Å². The van der Waals surface area contributed by atoms with E-state index in [1.54, 1.807) is 0 Å². The normalized spacial score (nSPS) is 16.3. The van der Waals surface area contributed by atoms with E-state index in [0.29, 0.717) is 12.8 Å².